The molecule has 2 N–H and O–H groups in total. The molecule has 1 aliphatic carbocycles. The van der Waals surface area contributed by atoms with Gasteiger partial charge in [-0.2, -0.15) is 0 Å². The lowest BCUT2D eigenvalue weighted by molar-refractivity contribution is 0.258. The Balaban J connectivity index is 2.20. The van der Waals surface area contributed by atoms with Crippen LogP contribution in [0.5, 0.6) is 0 Å². The molecule has 1 aromatic heterocycles. The number of aliphatic hydroxyl groups is 1. The molecule has 90 valence electrons. The highest BCUT2D eigenvalue weighted by molar-refractivity contribution is 5.20. The van der Waals surface area contributed by atoms with Crippen molar-refractivity contribution in [3.8, 4) is 0 Å². The van der Waals surface area contributed by atoms with E-state index in [1.54, 1.807) is 0 Å². The standard InChI is InChI=1S/C13H22N2O/c1-3-10(8-16)13-14-9(2)12(15-13)11-6-4-5-7-11/h10-11,16H,3-8H2,1-2H3,(H,14,15). The largest absolute Gasteiger partial charge is 0.396 e. The van der Waals surface area contributed by atoms with Crippen molar-refractivity contribution in [1.82, 2.24) is 9.97 Å². The van der Waals surface area contributed by atoms with Gasteiger partial charge in [-0.1, -0.05) is 19.8 Å². The molecular formula is C13H22N2O. The Morgan fingerprint density at radius 3 is 2.69 bits per heavy atom. The highest BCUT2D eigenvalue weighted by Crippen LogP contribution is 2.35. The van der Waals surface area contributed by atoms with Crippen molar-refractivity contribution >= 4 is 0 Å². The molecule has 1 unspecified atom stereocenters. The van der Waals surface area contributed by atoms with Crippen molar-refractivity contribution in [1.29, 1.82) is 0 Å². The third-order valence-electron chi connectivity index (χ3n) is 3.78. The second kappa shape index (κ2) is 5.00. The lowest BCUT2D eigenvalue weighted by atomic mass is 10.0. The number of nitrogens with one attached hydrogen (secondary N) is 1. The fourth-order valence-electron chi connectivity index (χ4n) is 2.70. The summed E-state index contributed by atoms with van der Waals surface area (Å²) < 4.78 is 0. The summed E-state index contributed by atoms with van der Waals surface area (Å²) in [6, 6.07) is 0. The number of rotatable bonds is 4. The summed E-state index contributed by atoms with van der Waals surface area (Å²) in [6.07, 6.45) is 6.17. The minimum atomic E-state index is 0.175. The van der Waals surface area contributed by atoms with E-state index in [4.69, 9.17) is 4.98 Å². The zero-order chi connectivity index (χ0) is 11.5. The van der Waals surface area contributed by atoms with Gasteiger partial charge in [0.2, 0.25) is 0 Å². The number of H-pyrrole nitrogens is 1. The summed E-state index contributed by atoms with van der Waals surface area (Å²) in [5, 5.41) is 9.28. The zero-order valence-electron chi connectivity index (χ0n) is 10.3. The van der Waals surface area contributed by atoms with Crippen LogP contribution < -0.4 is 0 Å². The van der Waals surface area contributed by atoms with Gasteiger partial charge >= 0.3 is 0 Å². The van der Waals surface area contributed by atoms with Crippen LogP contribution in [-0.4, -0.2) is 21.7 Å². The summed E-state index contributed by atoms with van der Waals surface area (Å²) in [7, 11) is 0. The molecule has 1 aliphatic rings. The van der Waals surface area contributed by atoms with E-state index in [1.807, 2.05) is 0 Å². The number of nitrogens with zero attached hydrogens (tertiary/aromatic N) is 1. The zero-order valence-corrected chi connectivity index (χ0v) is 10.3. The molecule has 0 saturated heterocycles. The molecule has 0 spiro atoms. The second-order valence-electron chi connectivity index (χ2n) is 4.90. The fourth-order valence-corrected chi connectivity index (χ4v) is 2.70. The average molecular weight is 222 g/mol. The Morgan fingerprint density at radius 1 is 1.44 bits per heavy atom. The van der Waals surface area contributed by atoms with Crippen molar-refractivity contribution in [2.45, 2.75) is 57.8 Å². The van der Waals surface area contributed by atoms with Crippen LogP contribution >= 0.6 is 0 Å². The van der Waals surface area contributed by atoms with Crippen molar-refractivity contribution in [3.63, 3.8) is 0 Å². The molecule has 0 bridgehead atoms. The normalized spacial score (nSPS) is 19.2. The van der Waals surface area contributed by atoms with E-state index in [0.29, 0.717) is 5.92 Å². The van der Waals surface area contributed by atoms with E-state index in [1.165, 1.54) is 37.1 Å². The maximum atomic E-state index is 9.28. The molecule has 0 aliphatic heterocycles. The van der Waals surface area contributed by atoms with Crippen LogP contribution in [0.25, 0.3) is 0 Å². The molecule has 16 heavy (non-hydrogen) atoms. The van der Waals surface area contributed by atoms with Gasteiger partial charge in [-0.25, -0.2) is 4.98 Å². The molecule has 1 saturated carbocycles. The van der Waals surface area contributed by atoms with Crippen LogP contribution in [0.4, 0.5) is 0 Å². The molecule has 3 nitrogen and oxygen atoms in total. The van der Waals surface area contributed by atoms with Crippen LogP contribution in [0.3, 0.4) is 0 Å². The molecule has 0 aromatic carbocycles. The van der Waals surface area contributed by atoms with Gasteiger partial charge in [-0.15, -0.1) is 0 Å². The summed E-state index contributed by atoms with van der Waals surface area (Å²) in [4.78, 5) is 8.07. The lowest BCUT2D eigenvalue weighted by Gasteiger charge is -2.07. The number of aliphatic hydroxyl groups excluding tert-OH is 1. The third-order valence-corrected chi connectivity index (χ3v) is 3.78. The Hall–Kier alpha value is -0.830. The van der Waals surface area contributed by atoms with Crippen LogP contribution in [0.1, 0.15) is 68.1 Å². The van der Waals surface area contributed by atoms with E-state index in [9.17, 15) is 5.11 Å². The molecule has 0 radical (unpaired) electrons. The molecule has 1 fully saturated rings. The van der Waals surface area contributed by atoms with Crippen LogP contribution in [0, 0.1) is 6.92 Å². The van der Waals surface area contributed by atoms with E-state index in [0.717, 1.165) is 12.2 Å². The molecule has 2 rings (SSSR count). The summed E-state index contributed by atoms with van der Waals surface area (Å²) in [5.74, 6) is 1.81. The quantitative estimate of drug-likeness (QED) is 0.823. The predicted molar refractivity (Wildman–Crippen MR) is 64.7 cm³/mol. The number of imidazole rings is 1. The van der Waals surface area contributed by atoms with Crippen LogP contribution in [-0.2, 0) is 0 Å². The van der Waals surface area contributed by atoms with E-state index in [-0.39, 0.29) is 12.5 Å². The summed E-state index contributed by atoms with van der Waals surface area (Å²) in [5.41, 5.74) is 2.45. The van der Waals surface area contributed by atoms with Gasteiger partial charge in [0.05, 0.1) is 12.3 Å². The average Bonchev–Trinajstić information content (AvgIpc) is 2.89. The third kappa shape index (κ3) is 2.14. The van der Waals surface area contributed by atoms with Gasteiger partial charge in [0, 0.05) is 17.5 Å². The number of aromatic nitrogens is 2. The Morgan fingerprint density at radius 2 is 2.12 bits per heavy atom. The highest BCUT2D eigenvalue weighted by atomic mass is 16.3. The van der Waals surface area contributed by atoms with Crippen molar-refractivity contribution in [2.24, 2.45) is 0 Å². The van der Waals surface area contributed by atoms with Gasteiger partial charge < -0.3 is 10.1 Å². The van der Waals surface area contributed by atoms with Gasteiger partial charge in [0.15, 0.2) is 0 Å². The SMILES string of the molecule is CCC(CO)c1nc(C2CCCC2)c(C)[nH]1. The second-order valence-corrected chi connectivity index (χ2v) is 4.90. The van der Waals surface area contributed by atoms with E-state index < -0.39 is 0 Å². The van der Waals surface area contributed by atoms with Gasteiger partial charge in [-0.3, -0.25) is 0 Å². The van der Waals surface area contributed by atoms with Crippen molar-refractivity contribution < 1.29 is 5.11 Å². The fraction of sp³-hybridized carbons (Fsp3) is 0.769. The minimum absolute atomic E-state index is 0.175. The molecule has 0 amide bonds. The van der Waals surface area contributed by atoms with Crippen molar-refractivity contribution in [3.05, 3.63) is 17.2 Å². The molecule has 3 heteroatoms. The number of hydrogen-bond acceptors (Lipinski definition) is 2. The Kier molecular flexibility index (Phi) is 3.64. The number of hydrogen-bond donors (Lipinski definition) is 2. The van der Waals surface area contributed by atoms with E-state index >= 15 is 0 Å². The first-order valence-electron chi connectivity index (χ1n) is 6.43. The molecular weight excluding hydrogens is 200 g/mol. The topological polar surface area (TPSA) is 48.9 Å². The maximum absolute atomic E-state index is 9.28. The number of aromatic amines is 1. The predicted octanol–water partition coefficient (Wildman–Crippen LogP) is 2.86. The Bertz CT molecular complexity index is 336. The first kappa shape index (κ1) is 11.6. The minimum Gasteiger partial charge on any atom is -0.396 e. The molecule has 1 aromatic rings. The van der Waals surface area contributed by atoms with Gasteiger partial charge in [-0.05, 0) is 26.2 Å². The first-order valence-corrected chi connectivity index (χ1v) is 6.43. The maximum Gasteiger partial charge on any atom is 0.112 e. The number of aryl methyl sites for hydroxylation is 1. The molecule has 1 heterocycles. The van der Waals surface area contributed by atoms with Crippen LogP contribution in [0.15, 0.2) is 0 Å². The molecule has 1 atom stereocenters. The summed E-state index contributed by atoms with van der Waals surface area (Å²) >= 11 is 0. The Labute approximate surface area is 97.3 Å². The highest BCUT2D eigenvalue weighted by Gasteiger charge is 2.23. The van der Waals surface area contributed by atoms with Gasteiger partial charge in [0.25, 0.3) is 0 Å². The van der Waals surface area contributed by atoms with Gasteiger partial charge in [0.1, 0.15) is 5.82 Å². The van der Waals surface area contributed by atoms with Crippen molar-refractivity contribution in [2.75, 3.05) is 6.61 Å². The van der Waals surface area contributed by atoms with E-state index in [2.05, 4.69) is 18.8 Å². The first-order chi connectivity index (χ1) is 7.76. The van der Waals surface area contributed by atoms with Crippen LogP contribution in [0.2, 0.25) is 0 Å². The monoisotopic (exact) mass is 222 g/mol. The lowest BCUT2D eigenvalue weighted by Crippen LogP contribution is -2.05. The summed E-state index contributed by atoms with van der Waals surface area (Å²) in [6.45, 7) is 4.38. The smallest absolute Gasteiger partial charge is 0.112 e.